The Kier molecular flexibility index (Phi) is 6.61. The van der Waals surface area contributed by atoms with Crippen LogP contribution in [-0.4, -0.2) is 83.1 Å². The molecule has 0 radical (unpaired) electrons. The number of nitrogens with one attached hydrogen (secondary N) is 1. The number of hydrogen-bond acceptors (Lipinski definition) is 9. The van der Waals surface area contributed by atoms with Gasteiger partial charge < -0.3 is 10.2 Å². The quantitative estimate of drug-likeness (QED) is 0.592. The smallest absolute Gasteiger partial charge is 0.229 e. The van der Waals surface area contributed by atoms with Gasteiger partial charge in [0.2, 0.25) is 21.8 Å². The number of amides is 2. The lowest BCUT2D eigenvalue weighted by Gasteiger charge is -2.35. The lowest BCUT2D eigenvalue weighted by molar-refractivity contribution is -0.147. The van der Waals surface area contributed by atoms with Gasteiger partial charge in [-0.2, -0.15) is 4.31 Å². The number of hydrogen-bond donors (Lipinski definition) is 1. The van der Waals surface area contributed by atoms with E-state index in [2.05, 4.69) is 20.5 Å². The molecule has 32 heavy (non-hydrogen) atoms. The van der Waals surface area contributed by atoms with Gasteiger partial charge in [0.15, 0.2) is 11.6 Å². The first-order valence-corrected chi connectivity index (χ1v) is 12.1. The number of imide groups is 1. The van der Waals surface area contributed by atoms with Gasteiger partial charge in [0.1, 0.15) is 0 Å². The SMILES string of the molecule is O=C1CCCC(=O)N1CCS(=O)(=O)N1CCN(c2ccc(Nc3cccnc3)nn2)CC1. The molecule has 2 aromatic rings. The summed E-state index contributed by atoms with van der Waals surface area (Å²) in [7, 11) is -3.57. The molecule has 4 heterocycles. The molecule has 2 aromatic heterocycles. The number of piperazine rings is 1. The van der Waals surface area contributed by atoms with Gasteiger partial charge in [0, 0.05) is 51.8 Å². The third-order valence-corrected chi connectivity index (χ3v) is 7.35. The van der Waals surface area contributed by atoms with Gasteiger partial charge in [-0.05, 0) is 30.7 Å². The summed E-state index contributed by atoms with van der Waals surface area (Å²) in [6, 6.07) is 7.34. The fourth-order valence-corrected chi connectivity index (χ4v) is 5.12. The minimum absolute atomic E-state index is 0.0862. The first-order chi connectivity index (χ1) is 15.4. The largest absolute Gasteiger partial charge is 0.352 e. The number of nitrogens with zero attached hydrogens (tertiary/aromatic N) is 6. The highest BCUT2D eigenvalue weighted by Gasteiger charge is 2.31. The number of pyridine rings is 1. The average molecular weight is 460 g/mol. The van der Waals surface area contributed by atoms with Crippen LogP contribution in [0, 0.1) is 0 Å². The number of rotatable bonds is 7. The van der Waals surface area contributed by atoms with Crippen molar-refractivity contribution in [1.82, 2.24) is 24.4 Å². The van der Waals surface area contributed by atoms with Gasteiger partial charge >= 0.3 is 0 Å². The second kappa shape index (κ2) is 9.57. The van der Waals surface area contributed by atoms with Gasteiger partial charge in [-0.15, -0.1) is 10.2 Å². The Hall–Kier alpha value is -3.12. The van der Waals surface area contributed by atoms with E-state index in [0.29, 0.717) is 57.1 Å². The zero-order chi connectivity index (χ0) is 22.6. The van der Waals surface area contributed by atoms with Gasteiger partial charge in [0.25, 0.3) is 0 Å². The summed E-state index contributed by atoms with van der Waals surface area (Å²) in [4.78, 5) is 30.9. The summed E-state index contributed by atoms with van der Waals surface area (Å²) >= 11 is 0. The zero-order valence-electron chi connectivity index (χ0n) is 17.6. The molecule has 0 aromatic carbocycles. The van der Waals surface area contributed by atoms with Crippen molar-refractivity contribution in [3.05, 3.63) is 36.7 Å². The Balaban J connectivity index is 1.29. The highest BCUT2D eigenvalue weighted by atomic mass is 32.2. The number of carbonyl (C=O) groups is 2. The number of anilines is 3. The predicted octanol–water partition coefficient (Wildman–Crippen LogP) is 0.606. The maximum absolute atomic E-state index is 12.7. The second-order valence-electron chi connectivity index (χ2n) is 7.64. The minimum Gasteiger partial charge on any atom is -0.352 e. The van der Waals surface area contributed by atoms with Crippen molar-refractivity contribution in [2.75, 3.05) is 48.7 Å². The lowest BCUT2D eigenvalue weighted by Crippen LogP contribution is -2.51. The molecule has 0 unspecified atom stereocenters. The van der Waals surface area contributed by atoms with Crippen LogP contribution in [0.1, 0.15) is 19.3 Å². The highest BCUT2D eigenvalue weighted by Crippen LogP contribution is 2.19. The predicted molar refractivity (Wildman–Crippen MR) is 118 cm³/mol. The summed E-state index contributed by atoms with van der Waals surface area (Å²) in [5, 5.41) is 11.5. The van der Waals surface area contributed by atoms with Crippen LogP contribution in [0.2, 0.25) is 0 Å². The molecule has 0 atom stereocenters. The summed E-state index contributed by atoms with van der Waals surface area (Å²) < 4.78 is 26.9. The number of aromatic nitrogens is 3. The molecule has 170 valence electrons. The maximum Gasteiger partial charge on any atom is 0.229 e. The van der Waals surface area contributed by atoms with Gasteiger partial charge in [0.05, 0.1) is 17.6 Å². The van der Waals surface area contributed by atoms with Crippen LogP contribution >= 0.6 is 0 Å². The number of carbonyl (C=O) groups excluding carboxylic acids is 2. The van der Waals surface area contributed by atoms with Crippen LogP contribution in [0.5, 0.6) is 0 Å². The molecular weight excluding hydrogens is 434 g/mol. The van der Waals surface area contributed by atoms with Crippen LogP contribution in [0.3, 0.4) is 0 Å². The Morgan fingerprint density at radius 3 is 2.34 bits per heavy atom. The summed E-state index contributed by atoms with van der Waals surface area (Å²) in [5.41, 5.74) is 0.807. The summed E-state index contributed by atoms with van der Waals surface area (Å²) in [6.45, 7) is 1.48. The van der Waals surface area contributed by atoms with E-state index in [1.165, 1.54) is 4.31 Å². The second-order valence-corrected chi connectivity index (χ2v) is 9.73. The minimum atomic E-state index is -3.57. The highest BCUT2D eigenvalue weighted by molar-refractivity contribution is 7.89. The van der Waals surface area contributed by atoms with Crippen molar-refractivity contribution in [2.45, 2.75) is 19.3 Å². The Morgan fingerprint density at radius 2 is 1.72 bits per heavy atom. The third-order valence-electron chi connectivity index (χ3n) is 5.50. The Labute approximate surface area is 186 Å². The number of sulfonamides is 1. The Bertz CT molecular complexity index is 1040. The normalized spacial score (nSPS) is 18.1. The van der Waals surface area contributed by atoms with E-state index in [4.69, 9.17) is 0 Å². The van der Waals surface area contributed by atoms with Crippen LogP contribution in [-0.2, 0) is 19.6 Å². The topological polar surface area (TPSA) is 129 Å². The standard InChI is InChI=1S/C20H25N7O4S/c28-19-4-1-5-20(29)27(19)13-14-32(30,31)26-11-9-25(10-12-26)18-7-6-17(23-24-18)22-16-3-2-8-21-15-16/h2-3,6-8,15H,1,4-5,9-14H2,(H,22,23). The molecule has 0 bridgehead atoms. The molecule has 0 aliphatic carbocycles. The Morgan fingerprint density at radius 1 is 0.969 bits per heavy atom. The van der Waals surface area contributed by atoms with Crippen molar-refractivity contribution in [1.29, 1.82) is 0 Å². The third kappa shape index (κ3) is 5.19. The molecule has 11 nitrogen and oxygen atoms in total. The first-order valence-electron chi connectivity index (χ1n) is 10.5. The van der Waals surface area contributed by atoms with Crippen molar-refractivity contribution >= 4 is 39.2 Å². The molecule has 2 saturated heterocycles. The van der Waals surface area contributed by atoms with E-state index in [1.54, 1.807) is 12.4 Å². The van der Waals surface area contributed by atoms with Gasteiger partial charge in [-0.3, -0.25) is 19.5 Å². The fraction of sp³-hybridized carbons (Fsp3) is 0.450. The number of likely N-dealkylation sites (tertiary alicyclic amines) is 1. The average Bonchev–Trinajstić information content (AvgIpc) is 2.80. The van der Waals surface area contributed by atoms with Crippen LogP contribution in [0.25, 0.3) is 0 Å². The van der Waals surface area contributed by atoms with E-state index in [0.717, 1.165) is 10.6 Å². The van der Waals surface area contributed by atoms with Crippen LogP contribution in [0.4, 0.5) is 17.3 Å². The fourth-order valence-electron chi connectivity index (χ4n) is 3.73. The van der Waals surface area contributed by atoms with E-state index in [1.807, 2.05) is 29.2 Å². The number of piperidine rings is 1. The van der Waals surface area contributed by atoms with Gasteiger partial charge in [-0.25, -0.2) is 8.42 Å². The lowest BCUT2D eigenvalue weighted by atomic mass is 10.1. The maximum atomic E-state index is 12.7. The molecular formula is C20H25N7O4S. The molecule has 12 heteroatoms. The van der Waals surface area contributed by atoms with Crippen molar-refractivity contribution in [3.63, 3.8) is 0 Å². The molecule has 0 spiro atoms. The monoisotopic (exact) mass is 459 g/mol. The van der Waals surface area contributed by atoms with E-state index in [9.17, 15) is 18.0 Å². The zero-order valence-corrected chi connectivity index (χ0v) is 18.4. The molecule has 1 N–H and O–H groups in total. The molecule has 2 fully saturated rings. The molecule has 0 saturated carbocycles. The van der Waals surface area contributed by atoms with E-state index >= 15 is 0 Å². The summed E-state index contributed by atoms with van der Waals surface area (Å²) in [6.07, 6.45) is 4.50. The summed E-state index contributed by atoms with van der Waals surface area (Å²) in [5.74, 6) is 0.426. The van der Waals surface area contributed by atoms with E-state index < -0.39 is 10.0 Å². The van der Waals surface area contributed by atoms with E-state index in [-0.39, 0.29) is 24.1 Å². The molecule has 2 aliphatic heterocycles. The van der Waals surface area contributed by atoms with Crippen molar-refractivity contribution < 1.29 is 18.0 Å². The van der Waals surface area contributed by atoms with Crippen LogP contribution < -0.4 is 10.2 Å². The molecule has 4 rings (SSSR count). The van der Waals surface area contributed by atoms with Crippen molar-refractivity contribution in [2.24, 2.45) is 0 Å². The van der Waals surface area contributed by atoms with Crippen molar-refractivity contribution in [3.8, 4) is 0 Å². The molecule has 2 amide bonds. The van der Waals surface area contributed by atoms with Gasteiger partial charge in [-0.1, -0.05) is 0 Å². The molecule has 2 aliphatic rings. The first kappa shape index (κ1) is 22.1. The van der Waals surface area contributed by atoms with Crippen LogP contribution in [0.15, 0.2) is 36.7 Å².